The Kier molecular flexibility index (Phi) is 9.26. The maximum Gasteiger partial charge on any atom is 0.257 e. The molecule has 0 fully saturated rings. The van der Waals surface area contributed by atoms with E-state index in [1.54, 1.807) is 55.6 Å². The molecule has 0 radical (unpaired) electrons. The van der Waals surface area contributed by atoms with Gasteiger partial charge in [0, 0.05) is 26.7 Å². The minimum Gasteiger partial charge on any atom is -0.497 e. The number of nitrogens with one attached hydrogen (secondary N) is 2. The molecule has 1 aromatic heterocycles. The Morgan fingerprint density at radius 1 is 1.05 bits per heavy atom. The number of hydrogen-bond acceptors (Lipinski definition) is 8. The summed E-state index contributed by atoms with van der Waals surface area (Å²) in [5.74, 6) is 0.405. The predicted molar refractivity (Wildman–Crippen MR) is 148 cm³/mol. The Hall–Kier alpha value is -3.99. The number of carbonyl (C=O) groups is 2. The lowest BCUT2D eigenvalue weighted by Crippen LogP contribution is -2.19. The van der Waals surface area contributed by atoms with Crippen LogP contribution >= 0.6 is 34.5 Å². The van der Waals surface area contributed by atoms with Crippen LogP contribution in [0.25, 0.3) is 0 Å². The number of nitrogens with zero attached hydrogens (tertiary/aromatic N) is 3. The Morgan fingerprint density at radius 2 is 1.84 bits per heavy atom. The van der Waals surface area contributed by atoms with E-state index >= 15 is 0 Å². The van der Waals surface area contributed by atoms with Gasteiger partial charge in [-0.2, -0.15) is 5.10 Å². The molecular formula is C26H21Cl2N5O4S. The fourth-order valence-electron chi connectivity index (χ4n) is 3.16. The van der Waals surface area contributed by atoms with Crippen LogP contribution in [-0.2, 0) is 17.8 Å². The van der Waals surface area contributed by atoms with E-state index in [1.165, 1.54) is 6.21 Å². The smallest absolute Gasteiger partial charge is 0.257 e. The van der Waals surface area contributed by atoms with Gasteiger partial charge >= 0.3 is 0 Å². The lowest BCUT2D eigenvalue weighted by molar-refractivity contribution is -0.120. The number of benzene rings is 3. The topological polar surface area (TPSA) is 115 Å². The van der Waals surface area contributed by atoms with Crippen molar-refractivity contribution < 1.29 is 19.1 Å². The van der Waals surface area contributed by atoms with E-state index in [4.69, 9.17) is 32.7 Å². The number of hydrazone groups is 1. The normalized spacial score (nSPS) is 10.8. The van der Waals surface area contributed by atoms with Crippen molar-refractivity contribution in [3.05, 3.63) is 98.5 Å². The standard InChI is InChI=1S/C26H21Cl2N5O4S/c1-36-20-9-6-16(7-10-20)25(35)30-26-33-32-24(38-26)13-23(34)31-29-14-18-12-19(27)8-11-22(18)37-15-17-4-2-3-5-21(17)28/h2-12,14H,13,15H2,1H3,(H,31,34)(H,30,33,35)/b29-14+. The van der Waals surface area contributed by atoms with E-state index in [9.17, 15) is 9.59 Å². The summed E-state index contributed by atoms with van der Waals surface area (Å²) in [6, 6.07) is 19.1. The van der Waals surface area contributed by atoms with Crippen molar-refractivity contribution in [3.8, 4) is 11.5 Å². The molecule has 0 spiro atoms. The van der Waals surface area contributed by atoms with Gasteiger partial charge < -0.3 is 9.47 Å². The summed E-state index contributed by atoms with van der Waals surface area (Å²) >= 11 is 13.4. The number of aromatic nitrogens is 2. The Morgan fingerprint density at radius 3 is 2.61 bits per heavy atom. The van der Waals surface area contributed by atoms with Crippen LogP contribution in [0.5, 0.6) is 11.5 Å². The van der Waals surface area contributed by atoms with Crippen LogP contribution in [-0.4, -0.2) is 35.3 Å². The van der Waals surface area contributed by atoms with E-state index in [0.717, 1.165) is 16.9 Å². The van der Waals surface area contributed by atoms with Gasteiger partial charge in [0.2, 0.25) is 11.0 Å². The molecule has 194 valence electrons. The van der Waals surface area contributed by atoms with Gasteiger partial charge in [-0.1, -0.05) is 52.7 Å². The number of anilines is 1. The molecule has 0 atom stereocenters. The molecule has 4 aromatic rings. The van der Waals surface area contributed by atoms with Gasteiger partial charge in [-0.15, -0.1) is 10.2 Å². The zero-order valence-electron chi connectivity index (χ0n) is 20.0. The first-order valence-electron chi connectivity index (χ1n) is 11.2. The number of amides is 2. The maximum absolute atomic E-state index is 12.4. The number of methoxy groups -OCH3 is 1. The average Bonchev–Trinajstić information content (AvgIpc) is 3.35. The Labute approximate surface area is 232 Å². The van der Waals surface area contributed by atoms with Crippen molar-refractivity contribution in [1.29, 1.82) is 0 Å². The summed E-state index contributed by atoms with van der Waals surface area (Å²) in [6.07, 6.45) is 1.37. The van der Waals surface area contributed by atoms with E-state index in [1.807, 2.05) is 18.2 Å². The quantitative estimate of drug-likeness (QED) is 0.196. The van der Waals surface area contributed by atoms with Gasteiger partial charge in [0.25, 0.3) is 5.91 Å². The van der Waals surface area contributed by atoms with Crippen LogP contribution < -0.4 is 20.2 Å². The lowest BCUT2D eigenvalue weighted by Gasteiger charge is -2.10. The molecule has 3 aromatic carbocycles. The number of rotatable bonds is 10. The van der Waals surface area contributed by atoms with Crippen molar-refractivity contribution in [2.45, 2.75) is 13.0 Å². The zero-order chi connectivity index (χ0) is 26.9. The molecule has 1 heterocycles. The van der Waals surface area contributed by atoms with E-state index < -0.39 is 5.91 Å². The SMILES string of the molecule is COc1ccc(C(=O)Nc2nnc(CC(=O)N/N=C/c3cc(Cl)ccc3OCc3ccccc3Cl)s2)cc1. The minimum absolute atomic E-state index is 0.0706. The van der Waals surface area contributed by atoms with Crippen molar-refractivity contribution >= 4 is 57.7 Å². The summed E-state index contributed by atoms with van der Waals surface area (Å²) in [5.41, 5.74) is 4.29. The van der Waals surface area contributed by atoms with Gasteiger partial charge in [0.15, 0.2) is 0 Å². The number of halogens is 2. The summed E-state index contributed by atoms with van der Waals surface area (Å²) in [6.45, 7) is 0.253. The highest BCUT2D eigenvalue weighted by Crippen LogP contribution is 2.24. The van der Waals surface area contributed by atoms with Crippen molar-refractivity contribution in [2.75, 3.05) is 12.4 Å². The van der Waals surface area contributed by atoms with Crippen LogP contribution in [0.1, 0.15) is 26.5 Å². The molecule has 2 N–H and O–H groups in total. The molecule has 0 aliphatic heterocycles. The number of hydrogen-bond donors (Lipinski definition) is 2. The molecule has 12 heteroatoms. The van der Waals surface area contributed by atoms with Crippen molar-refractivity contribution in [3.63, 3.8) is 0 Å². The van der Waals surface area contributed by atoms with Crippen LogP contribution in [0.4, 0.5) is 5.13 Å². The number of carbonyl (C=O) groups excluding carboxylic acids is 2. The molecule has 0 aliphatic rings. The number of ether oxygens (including phenoxy) is 2. The predicted octanol–water partition coefficient (Wildman–Crippen LogP) is 5.38. The summed E-state index contributed by atoms with van der Waals surface area (Å²) in [4.78, 5) is 24.7. The maximum atomic E-state index is 12.4. The van der Waals surface area contributed by atoms with Crippen LogP contribution in [0.15, 0.2) is 71.8 Å². The molecule has 2 amide bonds. The molecule has 4 rings (SSSR count). The Bertz CT molecular complexity index is 1460. The summed E-state index contributed by atoms with van der Waals surface area (Å²) in [5, 5.41) is 16.3. The second kappa shape index (κ2) is 13.0. The highest BCUT2D eigenvalue weighted by Gasteiger charge is 2.13. The van der Waals surface area contributed by atoms with E-state index in [-0.39, 0.29) is 24.1 Å². The molecule has 38 heavy (non-hydrogen) atoms. The fraction of sp³-hybridized carbons (Fsp3) is 0.115. The van der Waals surface area contributed by atoms with E-state index in [2.05, 4.69) is 26.0 Å². The van der Waals surface area contributed by atoms with Gasteiger partial charge in [-0.3, -0.25) is 14.9 Å². The van der Waals surface area contributed by atoms with Crippen LogP contribution in [0.2, 0.25) is 10.0 Å². The zero-order valence-corrected chi connectivity index (χ0v) is 22.3. The monoisotopic (exact) mass is 569 g/mol. The molecule has 0 unspecified atom stereocenters. The third kappa shape index (κ3) is 7.51. The molecule has 0 bridgehead atoms. The fourth-order valence-corrected chi connectivity index (χ4v) is 4.26. The van der Waals surface area contributed by atoms with Crippen LogP contribution in [0.3, 0.4) is 0 Å². The van der Waals surface area contributed by atoms with E-state index in [0.29, 0.717) is 37.7 Å². The van der Waals surface area contributed by atoms with Gasteiger partial charge in [-0.05, 0) is 48.5 Å². The molecule has 9 nitrogen and oxygen atoms in total. The Balaban J connectivity index is 1.31. The second-order valence-corrected chi connectivity index (χ2v) is 9.62. The highest BCUT2D eigenvalue weighted by molar-refractivity contribution is 7.15. The third-order valence-corrected chi connectivity index (χ3v) is 6.50. The molecule has 0 saturated carbocycles. The molecule has 0 aliphatic carbocycles. The first-order valence-corrected chi connectivity index (χ1v) is 12.7. The van der Waals surface area contributed by atoms with Gasteiger partial charge in [-0.25, -0.2) is 5.43 Å². The third-order valence-electron chi connectivity index (χ3n) is 5.06. The first kappa shape index (κ1) is 27.1. The highest BCUT2D eigenvalue weighted by atomic mass is 35.5. The molecule has 0 saturated heterocycles. The summed E-state index contributed by atoms with van der Waals surface area (Å²) in [7, 11) is 1.55. The molecular weight excluding hydrogens is 549 g/mol. The second-order valence-electron chi connectivity index (χ2n) is 7.72. The summed E-state index contributed by atoms with van der Waals surface area (Å²) < 4.78 is 11.0. The first-order chi connectivity index (χ1) is 18.4. The van der Waals surface area contributed by atoms with Gasteiger partial charge in [0.1, 0.15) is 23.1 Å². The van der Waals surface area contributed by atoms with Crippen molar-refractivity contribution in [1.82, 2.24) is 15.6 Å². The largest absolute Gasteiger partial charge is 0.497 e. The van der Waals surface area contributed by atoms with Crippen LogP contribution in [0, 0.1) is 0 Å². The minimum atomic E-state index is -0.411. The average molecular weight is 570 g/mol. The van der Waals surface area contributed by atoms with Gasteiger partial charge in [0.05, 0.1) is 19.7 Å². The van der Waals surface area contributed by atoms with Crippen molar-refractivity contribution in [2.24, 2.45) is 5.10 Å². The lowest BCUT2D eigenvalue weighted by atomic mass is 10.2.